The molecule has 3 heteroatoms. The van der Waals surface area contributed by atoms with Gasteiger partial charge in [-0.1, -0.05) is 60.7 Å². The van der Waals surface area contributed by atoms with E-state index in [4.69, 9.17) is 5.11 Å². The third-order valence-corrected chi connectivity index (χ3v) is 2.52. The first-order chi connectivity index (χ1) is 8.70. The van der Waals surface area contributed by atoms with Crippen molar-refractivity contribution in [2.75, 3.05) is 0 Å². The van der Waals surface area contributed by atoms with Crippen molar-refractivity contribution in [1.29, 1.82) is 0 Å². The molecule has 2 nitrogen and oxygen atoms in total. The van der Waals surface area contributed by atoms with Crippen LogP contribution in [0.1, 0.15) is 11.1 Å². The molecule has 0 radical (unpaired) electrons. The van der Waals surface area contributed by atoms with E-state index in [-0.39, 0.29) is 11.1 Å². The van der Waals surface area contributed by atoms with E-state index in [1.165, 1.54) is 0 Å². The third-order valence-electron chi connectivity index (χ3n) is 2.52. The molecule has 90 valence electrons. The first-order valence-electron chi connectivity index (χ1n) is 5.44. The van der Waals surface area contributed by atoms with Crippen molar-refractivity contribution in [3.8, 4) is 0 Å². The van der Waals surface area contributed by atoms with Crippen LogP contribution >= 0.6 is 0 Å². The van der Waals surface area contributed by atoms with Gasteiger partial charge in [-0.2, -0.15) is 0 Å². The molecule has 18 heavy (non-hydrogen) atoms. The van der Waals surface area contributed by atoms with Crippen LogP contribution in [-0.2, 0) is 4.79 Å². The first-order valence-corrected chi connectivity index (χ1v) is 5.44. The lowest BCUT2D eigenvalue weighted by molar-refractivity contribution is -0.130. The number of halogens is 1. The summed E-state index contributed by atoms with van der Waals surface area (Å²) in [6.45, 7) is 0. The quantitative estimate of drug-likeness (QED) is 0.659. The highest BCUT2D eigenvalue weighted by Crippen LogP contribution is 2.27. The smallest absolute Gasteiger partial charge is 0.339 e. The van der Waals surface area contributed by atoms with Crippen molar-refractivity contribution < 1.29 is 14.3 Å². The van der Waals surface area contributed by atoms with Gasteiger partial charge in [-0.15, -0.1) is 0 Å². The van der Waals surface area contributed by atoms with Gasteiger partial charge in [0.15, 0.2) is 0 Å². The Morgan fingerprint density at radius 2 is 1.28 bits per heavy atom. The van der Waals surface area contributed by atoms with Gasteiger partial charge in [0.2, 0.25) is 0 Å². The van der Waals surface area contributed by atoms with Crippen molar-refractivity contribution in [3.63, 3.8) is 0 Å². The highest BCUT2D eigenvalue weighted by atomic mass is 19.1. The Hall–Kier alpha value is -2.42. The maximum Gasteiger partial charge on any atom is 0.339 e. The van der Waals surface area contributed by atoms with Crippen molar-refractivity contribution in [1.82, 2.24) is 0 Å². The molecule has 0 heterocycles. The normalized spacial score (nSPS) is 11.8. The molecule has 0 aliphatic heterocycles. The molecule has 0 saturated carbocycles. The molecule has 0 amide bonds. The number of rotatable bonds is 3. The average molecular weight is 242 g/mol. The van der Waals surface area contributed by atoms with Crippen LogP contribution in [-0.4, -0.2) is 11.1 Å². The van der Waals surface area contributed by atoms with Crippen LogP contribution in [0.25, 0.3) is 11.4 Å². The van der Waals surface area contributed by atoms with E-state index < -0.39 is 11.8 Å². The van der Waals surface area contributed by atoms with Gasteiger partial charge in [0, 0.05) is 5.56 Å². The van der Waals surface area contributed by atoms with Crippen LogP contribution in [0.15, 0.2) is 60.7 Å². The van der Waals surface area contributed by atoms with Crippen molar-refractivity contribution in [2.45, 2.75) is 0 Å². The van der Waals surface area contributed by atoms with E-state index in [0.717, 1.165) is 0 Å². The summed E-state index contributed by atoms with van der Waals surface area (Å²) in [5, 5.41) is 9.16. The van der Waals surface area contributed by atoms with E-state index >= 15 is 0 Å². The molecule has 0 aromatic heterocycles. The lowest BCUT2D eigenvalue weighted by atomic mass is 10.0. The molecule has 0 aliphatic rings. The molecular weight excluding hydrogens is 231 g/mol. The molecule has 2 aromatic carbocycles. The molecule has 0 unspecified atom stereocenters. The first kappa shape index (κ1) is 12.0. The Morgan fingerprint density at radius 3 is 1.72 bits per heavy atom. The molecule has 0 aliphatic carbocycles. The predicted molar refractivity (Wildman–Crippen MR) is 68.4 cm³/mol. The van der Waals surface area contributed by atoms with Crippen molar-refractivity contribution in [2.24, 2.45) is 0 Å². The summed E-state index contributed by atoms with van der Waals surface area (Å²) in [4.78, 5) is 11.2. The summed E-state index contributed by atoms with van der Waals surface area (Å²) in [5.41, 5.74) is 0.298. The number of carboxylic acid groups (broad SMARTS) is 1. The number of benzene rings is 2. The number of carboxylic acids is 1. The van der Waals surface area contributed by atoms with Crippen LogP contribution in [0, 0.1) is 0 Å². The standard InChI is InChI=1S/C15H11FO2/c16-14(12-9-5-2-6-10-12)13(15(17)18)11-7-3-1-4-8-11/h1-10H,(H,17,18). The Morgan fingerprint density at radius 1 is 0.833 bits per heavy atom. The Labute approximate surface area is 104 Å². The van der Waals surface area contributed by atoms with E-state index in [1.54, 1.807) is 60.7 Å². The summed E-state index contributed by atoms with van der Waals surface area (Å²) >= 11 is 0. The van der Waals surface area contributed by atoms with E-state index in [1.807, 2.05) is 0 Å². The Kier molecular flexibility index (Phi) is 3.53. The van der Waals surface area contributed by atoms with Crippen LogP contribution in [0.3, 0.4) is 0 Å². The zero-order valence-electron chi connectivity index (χ0n) is 9.51. The molecule has 0 atom stereocenters. The van der Waals surface area contributed by atoms with Gasteiger partial charge in [-0.25, -0.2) is 9.18 Å². The summed E-state index contributed by atoms with van der Waals surface area (Å²) in [5.74, 6) is -2.00. The lowest BCUT2D eigenvalue weighted by Gasteiger charge is -2.05. The van der Waals surface area contributed by atoms with Gasteiger partial charge in [-0.05, 0) is 5.56 Å². The maximum atomic E-state index is 14.2. The molecule has 2 aromatic rings. The second kappa shape index (κ2) is 5.27. The molecule has 0 bridgehead atoms. The van der Waals surface area contributed by atoms with Crippen LogP contribution < -0.4 is 0 Å². The highest BCUT2D eigenvalue weighted by Gasteiger charge is 2.17. The molecule has 0 saturated heterocycles. The molecule has 2 rings (SSSR count). The highest BCUT2D eigenvalue weighted by molar-refractivity contribution is 6.22. The van der Waals surface area contributed by atoms with Crippen LogP contribution in [0.5, 0.6) is 0 Å². The largest absolute Gasteiger partial charge is 0.478 e. The minimum absolute atomic E-state index is 0.263. The maximum absolute atomic E-state index is 14.2. The minimum Gasteiger partial charge on any atom is -0.478 e. The fourth-order valence-electron chi connectivity index (χ4n) is 1.68. The zero-order chi connectivity index (χ0) is 13.0. The summed E-state index contributed by atoms with van der Waals surface area (Å²) < 4.78 is 14.2. The van der Waals surface area contributed by atoms with Gasteiger partial charge < -0.3 is 5.11 Å². The van der Waals surface area contributed by atoms with E-state index in [9.17, 15) is 9.18 Å². The second-order valence-electron chi connectivity index (χ2n) is 3.73. The lowest BCUT2D eigenvalue weighted by Crippen LogP contribution is -2.01. The van der Waals surface area contributed by atoms with E-state index in [2.05, 4.69) is 0 Å². The zero-order valence-corrected chi connectivity index (χ0v) is 9.51. The van der Waals surface area contributed by atoms with Gasteiger partial charge >= 0.3 is 5.97 Å². The Balaban J connectivity index is 2.58. The molecule has 0 spiro atoms. The van der Waals surface area contributed by atoms with Gasteiger partial charge in [0.1, 0.15) is 11.4 Å². The summed E-state index contributed by atoms with van der Waals surface area (Å²) in [7, 11) is 0. The Bertz CT molecular complexity index is 574. The summed E-state index contributed by atoms with van der Waals surface area (Å²) in [6.07, 6.45) is 0. The fraction of sp³-hybridized carbons (Fsp3) is 0. The van der Waals surface area contributed by atoms with Gasteiger partial charge in [-0.3, -0.25) is 0 Å². The minimum atomic E-state index is -1.28. The summed E-state index contributed by atoms with van der Waals surface area (Å²) in [6, 6.07) is 16.4. The molecule has 1 N–H and O–H groups in total. The van der Waals surface area contributed by atoms with Crippen LogP contribution in [0.2, 0.25) is 0 Å². The van der Waals surface area contributed by atoms with Gasteiger partial charge in [0.25, 0.3) is 0 Å². The number of aliphatic carboxylic acids is 1. The SMILES string of the molecule is O=C(O)C(=C(F)c1ccccc1)c1ccccc1. The van der Waals surface area contributed by atoms with E-state index in [0.29, 0.717) is 5.56 Å². The van der Waals surface area contributed by atoms with Gasteiger partial charge in [0.05, 0.1) is 0 Å². The second-order valence-corrected chi connectivity index (χ2v) is 3.73. The molecule has 0 fully saturated rings. The number of hydrogen-bond donors (Lipinski definition) is 1. The van der Waals surface area contributed by atoms with Crippen molar-refractivity contribution >= 4 is 17.4 Å². The predicted octanol–water partition coefficient (Wildman–Crippen LogP) is 3.61. The van der Waals surface area contributed by atoms with Crippen molar-refractivity contribution in [3.05, 3.63) is 71.8 Å². The monoisotopic (exact) mass is 242 g/mol. The third kappa shape index (κ3) is 2.46. The molecular formula is C15H11FO2. The fourth-order valence-corrected chi connectivity index (χ4v) is 1.68. The number of carbonyl (C=O) groups is 1. The van der Waals surface area contributed by atoms with Crippen LogP contribution in [0.4, 0.5) is 4.39 Å². The average Bonchev–Trinajstić information content (AvgIpc) is 2.40. The topological polar surface area (TPSA) is 37.3 Å². The number of hydrogen-bond acceptors (Lipinski definition) is 1.